The smallest absolute Gasteiger partial charge is 0.430 e. The first-order valence-electron chi connectivity index (χ1n) is 10.6. The third kappa shape index (κ3) is 6.00. The molecule has 1 saturated heterocycles. The number of nitrogens with zero attached hydrogens (tertiary/aromatic N) is 2. The van der Waals surface area contributed by atoms with Crippen LogP contribution in [0.2, 0.25) is 0 Å². The lowest BCUT2D eigenvalue weighted by Gasteiger charge is -2.34. The number of carbonyl (C=O) groups is 4. The number of hydrazine groups is 1. The number of fused-ring (bicyclic) bond motifs is 1. The molecule has 1 N–H and O–H groups in total. The van der Waals surface area contributed by atoms with E-state index >= 15 is 0 Å². The van der Waals surface area contributed by atoms with Gasteiger partial charge in [0.15, 0.2) is 17.5 Å². The lowest BCUT2D eigenvalue weighted by atomic mass is 10.0. The van der Waals surface area contributed by atoms with Crippen LogP contribution in [0.15, 0.2) is 18.2 Å². The number of nitrogens with one attached hydrogen (secondary N) is 1. The van der Waals surface area contributed by atoms with Crippen molar-refractivity contribution in [1.82, 2.24) is 15.3 Å². The highest BCUT2D eigenvalue weighted by atomic mass is 16.7. The first kappa shape index (κ1) is 24.9. The molecule has 34 heavy (non-hydrogen) atoms. The fraction of sp³-hybridized carbons (Fsp3) is 0.545. The van der Waals surface area contributed by atoms with Crippen LogP contribution in [0.4, 0.5) is 14.4 Å². The van der Waals surface area contributed by atoms with Crippen molar-refractivity contribution in [3.8, 4) is 11.5 Å². The Labute approximate surface area is 197 Å². The molecule has 2 aliphatic rings. The summed E-state index contributed by atoms with van der Waals surface area (Å²) < 4.78 is 26.3. The number of hydrogen-bond acceptors (Lipinski definition) is 9. The Hall–Kier alpha value is -3.70. The predicted octanol–water partition coefficient (Wildman–Crippen LogP) is 3.11. The van der Waals surface area contributed by atoms with E-state index in [1.165, 1.54) is 12.1 Å². The molecule has 0 bridgehead atoms. The Balaban J connectivity index is 2.05. The molecule has 0 saturated carbocycles. The minimum absolute atomic E-state index is 0.00433. The second kappa shape index (κ2) is 9.27. The number of carbonyl (C=O) groups excluding carboxylic acids is 4. The predicted molar refractivity (Wildman–Crippen MR) is 116 cm³/mol. The maximum absolute atomic E-state index is 13.5. The van der Waals surface area contributed by atoms with Crippen molar-refractivity contribution in [3.05, 3.63) is 23.8 Å². The summed E-state index contributed by atoms with van der Waals surface area (Å²) in [4.78, 5) is 52.4. The fourth-order valence-electron chi connectivity index (χ4n) is 3.15. The summed E-state index contributed by atoms with van der Waals surface area (Å²) in [5.74, 6) is -0.0385. The number of amides is 4. The number of cyclic esters (lactones) is 1. The SMILES string of the molecule is CC(C)(C)OC(=O)NN(C(=O)OC(C)(C)C)[C@H](C(=O)N1CCOC1=O)c1ccc2c(c1)OCO2. The Bertz CT molecular complexity index is 981. The second-order valence-electron chi connectivity index (χ2n) is 9.58. The zero-order valence-corrected chi connectivity index (χ0v) is 20.0. The van der Waals surface area contributed by atoms with E-state index in [0.717, 1.165) is 4.90 Å². The molecule has 3 rings (SSSR count). The largest absolute Gasteiger partial charge is 0.454 e. The van der Waals surface area contributed by atoms with Gasteiger partial charge < -0.3 is 23.7 Å². The molecule has 186 valence electrons. The highest BCUT2D eigenvalue weighted by Crippen LogP contribution is 2.36. The Kier molecular flexibility index (Phi) is 6.80. The van der Waals surface area contributed by atoms with Crippen LogP contribution in [0.3, 0.4) is 0 Å². The first-order valence-corrected chi connectivity index (χ1v) is 10.6. The molecular weight excluding hydrogens is 450 g/mol. The summed E-state index contributed by atoms with van der Waals surface area (Å²) in [6.45, 7) is 9.80. The van der Waals surface area contributed by atoms with Gasteiger partial charge in [0.05, 0.1) is 6.54 Å². The normalized spacial score (nSPS) is 15.9. The summed E-state index contributed by atoms with van der Waals surface area (Å²) in [5.41, 5.74) is 0.693. The highest BCUT2D eigenvalue weighted by Gasteiger charge is 2.42. The van der Waals surface area contributed by atoms with Crippen molar-refractivity contribution in [2.75, 3.05) is 19.9 Å². The third-order valence-electron chi connectivity index (χ3n) is 4.43. The minimum Gasteiger partial charge on any atom is -0.454 e. The van der Waals surface area contributed by atoms with Gasteiger partial charge in [-0.1, -0.05) is 6.07 Å². The van der Waals surface area contributed by atoms with Gasteiger partial charge in [-0.3, -0.25) is 4.79 Å². The Morgan fingerprint density at radius 1 is 1.00 bits per heavy atom. The van der Waals surface area contributed by atoms with Crippen molar-refractivity contribution in [3.63, 3.8) is 0 Å². The number of imide groups is 1. The molecule has 0 unspecified atom stereocenters. The van der Waals surface area contributed by atoms with Gasteiger partial charge in [0.1, 0.15) is 17.8 Å². The molecule has 1 fully saturated rings. The summed E-state index contributed by atoms with van der Waals surface area (Å²) in [5, 5.41) is 0.699. The zero-order chi connectivity index (χ0) is 25.3. The van der Waals surface area contributed by atoms with Gasteiger partial charge in [-0.05, 0) is 59.2 Å². The number of rotatable bonds is 3. The zero-order valence-electron chi connectivity index (χ0n) is 20.0. The van der Waals surface area contributed by atoms with E-state index in [4.69, 9.17) is 23.7 Å². The molecule has 0 aromatic heterocycles. The number of ether oxygens (including phenoxy) is 5. The average Bonchev–Trinajstić information content (AvgIpc) is 3.32. The molecule has 0 aliphatic carbocycles. The van der Waals surface area contributed by atoms with Gasteiger partial charge >= 0.3 is 18.3 Å². The van der Waals surface area contributed by atoms with E-state index in [0.29, 0.717) is 16.5 Å². The molecule has 12 nitrogen and oxygen atoms in total. The van der Waals surface area contributed by atoms with Gasteiger partial charge in [-0.25, -0.2) is 24.7 Å². The fourth-order valence-corrected chi connectivity index (χ4v) is 3.15. The summed E-state index contributed by atoms with van der Waals surface area (Å²) >= 11 is 0. The van der Waals surface area contributed by atoms with Crippen molar-refractivity contribution < 1.29 is 42.9 Å². The van der Waals surface area contributed by atoms with Gasteiger partial charge in [-0.15, -0.1) is 0 Å². The van der Waals surface area contributed by atoms with Gasteiger partial charge in [0, 0.05) is 0 Å². The van der Waals surface area contributed by atoms with Crippen LogP contribution >= 0.6 is 0 Å². The van der Waals surface area contributed by atoms with E-state index < -0.39 is 41.4 Å². The Morgan fingerprint density at radius 2 is 1.65 bits per heavy atom. The van der Waals surface area contributed by atoms with Crippen LogP contribution in [0.5, 0.6) is 11.5 Å². The van der Waals surface area contributed by atoms with E-state index in [1.54, 1.807) is 47.6 Å². The topological polar surface area (TPSA) is 133 Å². The molecule has 12 heteroatoms. The van der Waals surface area contributed by atoms with Crippen LogP contribution in [0, 0.1) is 0 Å². The van der Waals surface area contributed by atoms with Crippen molar-refractivity contribution >= 4 is 24.2 Å². The van der Waals surface area contributed by atoms with E-state index in [1.807, 2.05) is 0 Å². The van der Waals surface area contributed by atoms with Crippen molar-refractivity contribution in [2.45, 2.75) is 58.8 Å². The molecule has 2 aliphatic heterocycles. The standard InChI is InChI=1S/C22H29N3O9/c1-21(2,3)33-18(27)23-25(20(29)34-22(4,5)6)16(17(26)24-9-10-30-19(24)28)13-7-8-14-15(11-13)32-12-31-14/h7-8,11,16H,9-10,12H2,1-6H3,(H,23,27)/t16-/m0/s1. The molecule has 4 amide bonds. The second-order valence-corrected chi connectivity index (χ2v) is 9.58. The highest BCUT2D eigenvalue weighted by molar-refractivity contribution is 5.98. The Morgan fingerprint density at radius 3 is 2.24 bits per heavy atom. The van der Waals surface area contributed by atoms with E-state index in [9.17, 15) is 19.2 Å². The first-order chi connectivity index (χ1) is 15.7. The summed E-state index contributed by atoms with van der Waals surface area (Å²) in [6, 6.07) is 3.05. The summed E-state index contributed by atoms with van der Waals surface area (Å²) in [6.07, 6.45) is -2.90. The van der Waals surface area contributed by atoms with Gasteiger partial charge in [-0.2, -0.15) is 5.01 Å². The number of hydrogen-bond donors (Lipinski definition) is 1. The minimum atomic E-state index is -1.51. The molecule has 1 aromatic carbocycles. The van der Waals surface area contributed by atoms with Crippen LogP contribution in [0.25, 0.3) is 0 Å². The molecule has 0 spiro atoms. The van der Waals surface area contributed by atoms with Crippen LogP contribution in [-0.2, 0) is 19.0 Å². The molecule has 2 heterocycles. The number of benzene rings is 1. The molecule has 0 radical (unpaired) electrons. The average molecular weight is 479 g/mol. The van der Waals surface area contributed by atoms with Crippen LogP contribution < -0.4 is 14.9 Å². The maximum Gasteiger partial charge on any atom is 0.430 e. The van der Waals surface area contributed by atoms with E-state index in [-0.39, 0.29) is 25.5 Å². The molecule has 1 atom stereocenters. The van der Waals surface area contributed by atoms with Crippen molar-refractivity contribution in [1.29, 1.82) is 0 Å². The van der Waals surface area contributed by atoms with Gasteiger partial charge in [0.2, 0.25) is 6.79 Å². The molecular formula is C22H29N3O9. The van der Waals surface area contributed by atoms with Gasteiger partial charge in [0.25, 0.3) is 5.91 Å². The monoisotopic (exact) mass is 479 g/mol. The third-order valence-corrected chi connectivity index (χ3v) is 4.43. The molecule has 1 aromatic rings. The van der Waals surface area contributed by atoms with Crippen LogP contribution in [0.1, 0.15) is 53.1 Å². The lowest BCUT2D eigenvalue weighted by Crippen LogP contribution is -2.55. The summed E-state index contributed by atoms with van der Waals surface area (Å²) in [7, 11) is 0. The quantitative estimate of drug-likeness (QED) is 0.513. The van der Waals surface area contributed by atoms with Crippen LogP contribution in [-0.4, -0.2) is 65.2 Å². The van der Waals surface area contributed by atoms with E-state index in [2.05, 4.69) is 5.43 Å². The van der Waals surface area contributed by atoms with Crippen molar-refractivity contribution in [2.24, 2.45) is 0 Å². The lowest BCUT2D eigenvalue weighted by molar-refractivity contribution is -0.134. The maximum atomic E-state index is 13.5.